The maximum atomic E-state index is 12.3. The molecule has 1 aromatic heterocycles. The van der Waals surface area contributed by atoms with Crippen LogP contribution < -0.4 is 10.6 Å². The van der Waals surface area contributed by atoms with E-state index in [1.54, 1.807) is 0 Å². The first-order chi connectivity index (χ1) is 10.3. The molecule has 2 aromatic rings. The second-order valence-electron chi connectivity index (χ2n) is 4.70. The molecule has 1 amide bonds. The van der Waals surface area contributed by atoms with E-state index in [4.69, 9.17) is 0 Å². The lowest BCUT2D eigenvalue weighted by molar-refractivity contribution is -0.115. The first kappa shape index (κ1) is 14.3. The Morgan fingerprint density at radius 3 is 3.14 bits per heavy atom. The number of carbonyl (C=O) groups is 1. The number of aromatic nitrogens is 2. The normalized spacial score (nSPS) is 17.8. The van der Waals surface area contributed by atoms with Crippen LogP contribution in [0.15, 0.2) is 28.6 Å². The van der Waals surface area contributed by atoms with E-state index >= 15 is 0 Å². The number of benzene rings is 1. The van der Waals surface area contributed by atoms with Crippen LogP contribution in [0.3, 0.4) is 0 Å². The topological polar surface area (TPSA) is 66.9 Å². The number of aryl methyl sites for hydroxylation is 1. The van der Waals surface area contributed by atoms with Crippen LogP contribution in [0.25, 0.3) is 0 Å². The molecule has 1 atom stereocenters. The van der Waals surface area contributed by atoms with Crippen molar-refractivity contribution in [2.24, 2.45) is 0 Å². The van der Waals surface area contributed by atoms with Gasteiger partial charge in [-0.1, -0.05) is 41.3 Å². The summed E-state index contributed by atoms with van der Waals surface area (Å²) >= 11 is 2.99. The van der Waals surface area contributed by atoms with Crippen molar-refractivity contribution < 1.29 is 4.79 Å². The van der Waals surface area contributed by atoms with Crippen molar-refractivity contribution in [1.82, 2.24) is 10.2 Å². The van der Waals surface area contributed by atoms with E-state index in [2.05, 4.69) is 26.9 Å². The number of carbonyl (C=O) groups excluding carboxylic acids is 1. The number of nitrogens with one attached hydrogen (secondary N) is 2. The molecular formula is C14H16N4OS2. The summed E-state index contributed by atoms with van der Waals surface area (Å²) in [4.78, 5) is 12.3. The van der Waals surface area contributed by atoms with E-state index in [0.29, 0.717) is 0 Å². The molecule has 0 fully saturated rings. The molecule has 7 heteroatoms. The number of para-hydroxylation sites is 1. The summed E-state index contributed by atoms with van der Waals surface area (Å²) in [7, 11) is 0. The van der Waals surface area contributed by atoms with Crippen LogP contribution in [0.4, 0.5) is 10.8 Å². The predicted octanol–water partition coefficient (Wildman–Crippen LogP) is 3.02. The molecule has 0 saturated carbocycles. The summed E-state index contributed by atoms with van der Waals surface area (Å²) < 4.78 is 0.831. The van der Waals surface area contributed by atoms with Crippen molar-refractivity contribution in [3.63, 3.8) is 0 Å². The molecule has 21 heavy (non-hydrogen) atoms. The summed E-state index contributed by atoms with van der Waals surface area (Å²) in [6.07, 6.45) is 1.70. The number of rotatable bonds is 4. The zero-order valence-electron chi connectivity index (χ0n) is 11.6. The third-order valence-corrected chi connectivity index (χ3v) is 5.45. The second-order valence-corrected chi connectivity index (χ2v) is 7.12. The van der Waals surface area contributed by atoms with Gasteiger partial charge in [0, 0.05) is 12.2 Å². The highest BCUT2D eigenvalue weighted by Crippen LogP contribution is 2.34. The minimum absolute atomic E-state index is 0.0464. The van der Waals surface area contributed by atoms with E-state index in [1.165, 1.54) is 28.7 Å². The maximum absolute atomic E-state index is 12.3. The number of nitrogens with zero attached hydrogens (tertiary/aromatic N) is 2. The average molecular weight is 320 g/mol. The van der Waals surface area contributed by atoms with Crippen molar-refractivity contribution in [2.75, 3.05) is 17.2 Å². The Labute approximate surface area is 131 Å². The van der Waals surface area contributed by atoms with Crippen LogP contribution in [0.5, 0.6) is 0 Å². The fourth-order valence-corrected chi connectivity index (χ4v) is 4.26. The Bertz CT molecular complexity index is 643. The SMILES string of the molecule is CCNc1nnc(S[C@@H]2CCc3ccccc3NC2=O)s1. The lowest BCUT2D eigenvalue weighted by Gasteiger charge is -2.10. The largest absolute Gasteiger partial charge is 0.360 e. The Morgan fingerprint density at radius 1 is 1.43 bits per heavy atom. The van der Waals surface area contributed by atoms with Gasteiger partial charge in [-0.3, -0.25) is 4.79 Å². The molecule has 0 aliphatic carbocycles. The molecule has 2 N–H and O–H groups in total. The van der Waals surface area contributed by atoms with Gasteiger partial charge in [-0.15, -0.1) is 10.2 Å². The third kappa shape index (κ3) is 3.36. The Hall–Kier alpha value is -1.60. The van der Waals surface area contributed by atoms with Crippen LogP contribution >= 0.6 is 23.1 Å². The molecule has 2 heterocycles. The van der Waals surface area contributed by atoms with Gasteiger partial charge in [0.2, 0.25) is 11.0 Å². The quantitative estimate of drug-likeness (QED) is 0.906. The van der Waals surface area contributed by atoms with Crippen molar-refractivity contribution >= 4 is 39.8 Å². The molecule has 0 spiro atoms. The third-order valence-electron chi connectivity index (χ3n) is 3.22. The van der Waals surface area contributed by atoms with E-state index < -0.39 is 0 Å². The van der Waals surface area contributed by atoms with Gasteiger partial charge in [0.15, 0.2) is 4.34 Å². The number of hydrogen-bond acceptors (Lipinski definition) is 6. The summed E-state index contributed by atoms with van der Waals surface area (Å²) in [6, 6.07) is 7.97. The first-order valence-corrected chi connectivity index (χ1v) is 8.58. The lowest BCUT2D eigenvalue weighted by Crippen LogP contribution is -2.23. The van der Waals surface area contributed by atoms with Gasteiger partial charge in [0.25, 0.3) is 0 Å². The van der Waals surface area contributed by atoms with Crippen LogP contribution in [-0.2, 0) is 11.2 Å². The zero-order chi connectivity index (χ0) is 14.7. The first-order valence-electron chi connectivity index (χ1n) is 6.89. The predicted molar refractivity (Wildman–Crippen MR) is 87.1 cm³/mol. The number of hydrogen-bond donors (Lipinski definition) is 2. The molecular weight excluding hydrogens is 304 g/mol. The lowest BCUT2D eigenvalue weighted by atomic mass is 10.1. The standard InChI is InChI=1S/C14H16N4OS2/c1-2-15-13-17-18-14(21-13)20-11-8-7-9-5-3-4-6-10(9)16-12(11)19/h3-6,11H,2,7-8H2,1H3,(H,15,17)(H,16,19)/t11-/m1/s1. The Kier molecular flexibility index (Phi) is 4.40. The van der Waals surface area contributed by atoms with Crippen molar-refractivity contribution in [1.29, 1.82) is 0 Å². The number of amides is 1. The van der Waals surface area contributed by atoms with E-state index in [9.17, 15) is 4.79 Å². The van der Waals surface area contributed by atoms with Gasteiger partial charge in [0.05, 0.1) is 5.25 Å². The average Bonchev–Trinajstić information content (AvgIpc) is 2.85. The Balaban J connectivity index is 1.70. The summed E-state index contributed by atoms with van der Waals surface area (Å²) in [6.45, 7) is 2.84. The molecule has 1 aliphatic rings. The van der Waals surface area contributed by atoms with E-state index in [1.807, 2.05) is 25.1 Å². The maximum Gasteiger partial charge on any atom is 0.237 e. The van der Waals surface area contributed by atoms with E-state index in [-0.39, 0.29) is 11.2 Å². The van der Waals surface area contributed by atoms with Gasteiger partial charge >= 0.3 is 0 Å². The highest BCUT2D eigenvalue weighted by atomic mass is 32.2. The molecule has 0 bridgehead atoms. The summed E-state index contributed by atoms with van der Waals surface area (Å²) in [5, 5.41) is 15.0. The van der Waals surface area contributed by atoms with Gasteiger partial charge in [0.1, 0.15) is 0 Å². The van der Waals surface area contributed by atoms with Crippen LogP contribution in [0.1, 0.15) is 18.9 Å². The molecule has 0 unspecified atom stereocenters. The number of anilines is 2. The van der Waals surface area contributed by atoms with Gasteiger partial charge in [-0.05, 0) is 31.4 Å². The number of fused-ring (bicyclic) bond motifs is 1. The summed E-state index contributed by atoms with van der Waals surface area (Å²) in [5.41, 5.74) is 2.12. The van der Waals surface area contributed by atoms with Crippen molar-refractivity contribution in [2.45, 2.75) is 29.4 Å². The minimum Gasteiger partial charge on any atom is -0.360 e. The van der Waals surface area contributed by atoms with E-state index in [0.717, 1.165) is 34.5 Å². The molecule has 0 saturated heterocycles. The van der Waals surface area contributed by atoms with Gasteiger partial charge in [-0.25, -0.2) is 0 Å². The fourth-order valence-electron chi connectivity index (χ4n) is 2.21. The molecule has 0 radical (unpaired) electrons. The number of thioether (sulfide) groups is 1. The smallest absolute Gasteiger partial charge is 0.237 e. The highest BCUT2D eigenvalue weighted by molar-refractivity contribution is 8.02. The fraction of sp³-hybridized carbons (Fsp3) is 0.357. The van der Waals surface area contributed by atoms with Crippen molar-refractivity contribution in [3.8, 4) is 0 Å². The molecule has 1 aliphatic heterocycles. The van der Waals surface area contributed by atoms with Gasteiger partial charge in [-0.2, -0.15) is 0 Å². The summed E-state index contributed by atoms with van der Waals surface area (Å²) in [5.74, 6) is 0.0464. The molecule has 3 rings (SSSR count). The van der Waals surface area contributed by atoms with Crippen LogP contribution in [0.2, 0.25) is 0 Å². The van der Waals surface area contributed by atoms with Crippen LogP contribution in [0, 0.1) is 0 Å². The highest BCUT2D eigenvalue weighted by Gasteiger charge is 2.25. The Morgan fingerprint density at radius 2 is 2.29 bits per heavy atom. The van der Waals surface area contributed by atoms with Gasteiger partial charge < -0.3 is 10.6 Å². The second kappa shape index (κ2) is 6.44. The minimum atomic E-state index is -0.125. The monoisotopic (exact) mass is 320 g/mol. The molecule has 1 aromatic carbocycles. The van der Waals surface area contributed by atoms with Crippen LogP contribution in [-0.4, -0.2) is 27.9 Å². The molecule has 5 nitrogen and oxygen atoms in total. The van der Waals surface area contributed by atoms with Crippen molar-refractivity contribution in [3.05, 3.63) is 29.8 Å². The molecule has 110 valence electrons. The zero-order valence-corrected chi connectivity index (χ0v) is 13.3.